The molecule has 0 aromatic carbocycles. The van der Waals surface area contributed by atoms with Crippen LogP contribution in [0.25, 0.3) is 0 Å². The van der Waals surface area contributed by atoms with Crippen LogP contribution in [0.2, 0.25) is 0 Å². The monoisotopic (exact) mass is 284 g/mol. The number of hydrogen-bond acceptors (Lipinski definition) is 7. The summed E-state index contributed by atoms with van der Waals surface area (Å²) in [5.41, 5.74) is 0.929. The van der Waals surface area contributed by atoms with Crippen molar-refractivity contribution in [2.24, 2.45) is 11.0 Å². The minimum Gasteiger partial charge on any atom is -0.464 e. The van der Waals surface area contributed by atoms with E-state index in [9.17, 15) is 14.4 Å². The highest BCUT2D eigenvalue weighted by Crippen LogP contribution is 2.30. The third-order valence-corrected chi connectivity index (χ3v) is 3.25. The van der Waals surface area contributed by atoms with Gasteiger partial charge < -0.3 is 9.47 Å². The molecule has 2 unspecified atom stereocenters. The first-order valence-electron chi connectivity index (χ1n) is 6.65. The third-order valence-electron chi connectivity index (χ3n) is 3.25. The highest BCUT2D eigenvalue weighted by Gasteiger charge is 2.57. The predicted octanol–water partition coefficient (Wildman–Crippen LogP) is 0.426. The summed E-state index contributed by atoms with van der Waals surface area (Å²) in [6, 6.07) is 0. The lowest BCUT2D eigenvalue weighted by Gasteiger charge is -2.29. The van der Waals surface area contributed by atoms with Crippen LogP contribution in [0.1, 0.15) is 34.1 Å². The summed E-state index contributed by atoms with van der Waals surface area (Å²) in [4.78, 5) is 36.0. The van der Waals surface area contributed by atoms with E-state index in [1.54, 1.807) is 20.8 Å². The average molecular weight is 284 g/mol. The standard InChI is InChI=1S/C13H20N2O5/c1-5-9-10(11(17)19-6-2)14-15-13(9,8(4)16)12(18)20-7-3/h9,15H,5-7H2,1-4H3. The van der Waals surface area contributed by atoms with Gasteiger partial charge in [-0.1, -0.05) is 6.92 Å². The van der Waals surface area contributed by atoms with E-state index in [2.05, 4.69) is 10.5 Å². The molecule has 7 heteroatoms. The third kappa shape index (κ3) is 2.52. The fourth-order valence-electron chi connectivity index (χ4n) is 2.30. The first-order valence-corrected chi connectivity index (χ1v) is 6.65. The Morgan fingerprint density at radius 3 is 2.25 bits per heavy atom. The molecule has 20 heavy (non-hydrogen) atoms. The minimum absolute atomic E-state index is 0.0533. The van der Waals surface area contributed by atoms with Crippen molar-refractivity contribution in [3.8, 4) is 0 Å². The summed E-state index contributed by atoms with van der Waals surface area (Å²) < 4.78 is 9.86. The molecule has 0 saturated heterocycles. The first-order chi connectivity index (χ1) is 9.45. The summed E-state index contributed by atoms with van der Waals surface area (Å²) in [5, 5.41) is 3.86. The molecular formula is C13H20N2O5. The van der Waals surface area contributed by atoms with E-state index >= 15 is 0 Å². The molecule has 0 saturated carbocycles. The Morgan fingerprint density at radius 2 is 1.80 bits per heavy atom. The maximum absolute atomic E-state index is 12.2. The minimum atomic E-state index is -1.63. The number of carbonyl (C=O) groups excluding carboxylic acids is 3. The van der Waals surface area contributed by atoms with Gasteiger partial charge >= 0.3 is 11.9 Å². The van der Waals surface area contributed by atoms with Crippen molar-refractivity contribution in [3.63, 3.8) is 0 Å². The molecule has 1 N–H and O–H groups in total. The Hall–Kier alpha value is -1.92. The van der Waals surface area contributed by atoms with Gasteiger partial charge in [-0.3, -0.25) is 10.2 Å². The fraction of sp³-hybridized carbons (Fsp3) is 0.692. The number of ether oxygens (including phenoxy) is 2. The quantitative estimate of drug-likeness (QED) is 0.561. The van der Waals surface area contributed by atoms with Gasteiger partial charge in [0.2, 0.25) is 5.54 Å². The molecule has 7 nitrogen and oxygen atoms in total. The number of hydrogen-bond donors (Lipinski definition) is 1. The topological polar surface area (TPSA) is 94.1 Å². The van der Waals surface area contributed by atoms with Crippen LogP contribution < -0.4 is 5.43 Å². The Balaban J connectivity index is 3.14. The zero-order valence-corrected chi connectivity index (χ0v) is 12.2. The van der Waals surface area contributed by atoms with Gasteiger partial charge in [0.05, 0.1) is 19.1 Å². The maximum Gasteiger partial charge on any atom is 0.354 e. The van der Waals surface area contributed by atoms with E-state index in [4.69, 9.17) is 9.47 Å². The second-order valence-corrected chi connectivity index (χ2v) is 4.37. The van der Waals surface area contributed by atoms with Crippen LogP contribution in [0.4, 0.5) is 0 Å². The Morgan fingerprint density at radius 1 is 1.20 bits per heavy atom. The van der Waals surface area contributed by atoms with Crippen molar-refractivity contribution in [1.29, 1.82) is 0 Å². The molecular weight excluding hydrogens is 264 g/mol. The lowest BCUT2D eigenvalue weighted by Crippen LogP contribution is -2.59. The van der Waals surface area contributed by atoms with Crippen LogP contribution in [-0.2, 0) is 23.9 Å². The zero-order valence-electron chi connectivity index (χ0n) is 12.2. The number of hydrazone groups is 1. The Labute approximate surface area is 117 Å². The van der Waals surface area contributed by atoms with Crippen LogP contribution in [0.15, 0.2) is 5.10 Å². The molecule has 1 aliphatic heterocycles. The molecule has 1 aliphatic rings. The molecule has 0 aromatic rings. The van der Waals surface area contributed by atoms with Crippen LogP contribution in [0.5, 0.6) is 0 Å². The van der Waals surface area contributed by atoms with Crippen LogP contribution in [-0.4, -0.2) is 42.2 Å². The van der Waals surface area contributed by atoms with E-state index in [0.717, 1.165) is 0 Å². The second-order valence-electron chi connectivity index (χ2n) is 4.37. The first kappa shape index (κ1) is 16.1. The highest BCUT2D eigenvalue weighted by atomic mass is 16.5. The molecule has 0 bridgehead atoms. The molecule has 0 aliphatic carbocycles. The van der Waals surface area contributed by atoms with Crippen molar-refractivity contribution >= 4 is 23.4 Å². The normalized spacial score (nSPS) is 24.6. The molecule has 2 atom stereocenters. The Bertz CT molecular complexity index is 446. The van der Waals surface area contributed by atoms with Crippen LogP contribution >= 0.6 is 0 Å². The van der Waals surface area contributed by atoms with E-state index < -0.39 is 29.2 Å². The molecule has 112 valence electrons. The molecule has 0 fully saturated rings. The average Bonchev–Trinajstić information content (AvgIpc) is 2.79. The molecule has 0 spiro atoms. The smallest absolute Gasteiger partial charge is 0.354 e. The lowest BCUT2D eigenvalue weighted by molar-refractivity contribution is -0.156. The molecule has 1 heterocycles. The number of esters is 2. The van der Waals surface area contributed by atoms with Crippen molar-refractivity contribution in [1.82, 2.24) is 5.43 Å². The number of nitrogens with one attached hydrogen (secondary N) is 1. The number of Topliss-reactive ketones (excluding diaryl/α,β-unsaturated/α-hetero) is 1. The van der Waals surface area contributed by atoms with Gasteiger partial charge in [0.15, 0.2) is 11.5 Å². The number of carbonyl (C=O) groups is 3. The fourth-order valence-corrected chi connectivity index (χ4v) is 2.30. The molecule has 0 radical (unpaired) electrons. The van der Waals surface area contributed by atoms with Gasteiger partial charge in [-0.25, -0.2) is 9.59 Å². The molecule has 1 rings (SSSR count). The van der Waals surface area contributed by atoms with Gasteiger partial charge in [-0.05, 0) is 27.2 Å². The molecule has 0 aromatic heterocycles. The van der Waals surface area contributed by atoms with Crippen molar-refractivity contribution in [2.45, 2.75) is 39.7 Å². The largest absolute Gasteiger partial charge is 0.464 e. The highest BCUT2D eigenvalue weighted by molar-refractivity contribution is 6.40. The van der Waals surface area contributed by atoms with E-state index in [0.29, 0.717) is 6.42 Å². The second kappa shape index (κ2) is 6.49. The summed E-state index contributed by atoms with van der Waals surface area (Å²) >= 11 is 0. The van der Waals surface area contributed by atoms with Gasteiger partial charge in [-0.2, -0.15) is 5.10 Å². The number of rotatable bonds is 6. The zero-order chi connectivity index (χ0) is 15.3. The van der Waals surface area contributed by atoms with E-state index in [1.165, 1.54) is 6.92 Å². The summed E-state index contributed by atoms with van der Waals surface area (Å²) in [6.45, 7) is 6.70. The van der Waals surface area contributed by atoms with Crippen molar-refractivity contribution in [2.75, 3.05) is 13.2 Å². The summed E-state index contributed by atoms with van der Waals surface area (Å²) in [6.07, 6.45) is 0.378. The summed E-state index contributed by atoms with van der Waals surface area (Å²) in [7, 11) is 0. The predicted molar refractivity (Wildman–Crippen MR) is 71.0 cm³/mol. The van der Waals surface area contributed by atoms with Crippen LogP contribution in [0.3, 0.4) is 0 Å². The SMILES string of the molecule is CCOC(=O)C1=NNC(C(C)=O)(C(=O)OCC)C1CC. The summed E-state index contributed by atoms with van der Waals surface area (Å²) in [5.74, 6) is -2.48. The van der Waals surface area contributed by atoms with Gasteiger partial charge in [0, 0.05) is 0 Å². The van der Waals surface area contributed by atoms with Gasteiger partial charge in [0.1, 0.15) is 0 Å². The van der Waals surface area contributed by atoms with Gasteiger partial charge in [-0.15, -0.1) is 0 Å². The van der Waals surface area contributed by atoms with Gasteiger partial charge in [0.25, 0.3) is 0 Å². The van der Waals surface area contributed by atoms with E-state index in [1.807, 2.05) is 0 Å². The maximum atomic E-state index is 12.2. The Kier molecular flexibility index (Phi) is 5.24. The van der Waals surface area contributed by atoms with Crippen molar-refractivity contribution < 1.29 is 23.9 Å². The number of nitrogens with zero attached hydrogens (tertiary/aromatic N) is 1. The van der Waals surface area contributed by atoms with Crippen LogP contribution in [0, 0.1) is 5.92 Å². The van der Waals surface area contributed by atoms with E-state index in [-0.39, 0.29) is 18.9 Å². The lowest BCUT2D eigenvalue weighted by atomic mass is 9.77. The van der Waals surface area contributed by atoms with Crippen molar-refractivity contribution in [3.05, 3.63) is 0 Å². The number of ketones is 1. The molecule has 0 amide bonds.